The van der Waals surface area contributed by atoms with Gasteiger partial charge < -0.3 is 4.74 Å². The fourth-order valence-corrected chi connectivity index (χ4v) is 4.82. The minimum absolute atomic E-state index is 0.0303. The third kappa shape index (κ3) is 3.98. The van der Waals surface area contributed by atoms with Crippen molar-refractivity contribution in [3.63, 3.8) is 0 Å². The van der Waals surface area contributed by atoms with Crippen molar-refractivity contribution in [1.29, 1.82) is 0 Å². The van der Waals surface area contributed by atoms with Gasteiger partial charge in [-0.1, -0.05) is 0 Å². The molecular formula is C15H17N3O5S2. The molecular weight excluding hydrogens is 366 g/mol. The van der Waals surface area contributed by atoms with Gasteiger partial charge in [0.15, 0.2) is 0 Å². The summed E-state index contributed by atoms with van der Waals surface area (Å²) in [5.74, 6) is 0. The molecule has 8 nitrogen and oxygen atoms in total. The lowest BCUT2D eigenvalue weighted by atomic mass is 10.4. The van der Waals surface area contributed by atoms with Crippen LogP contribution in [-0.2, 0) is 24.8 Å². The second kappa shape index (κ2) is 7.08. The molecule has 1 aromatic carbocycles. The van der Waals surface area contributed by atoms with Crippen LogP contribution in [-0.4, -0.2) is 52.4 Å². The number of sulfonamides is 2. The molecule has 1 fully saturated rings. The van der Waals surface area contributed by atoms with E-state index in [9.17, 15) is 16.8 Å². The fourth-order valence-electron chi connectivity index (χ4n) is 2.36. The first-order valence-corrected chi connectivity index (χ1v) is 10.4. The summed E-state index contributed by atoms with van der Waals surface area (Å²) < 4.78 is 58.6. The molecule has 0 saturated carbocycles. The summed E-state index contributed by atoms with van der Waals surface area (Å²) >= 11 is 0. The van der Waals surface area contributed by atoms with Crippen molar-refractivity contribution in [2.45, 2.75) is 9.79 Å². The summed E-state index contributed by atoms with van der Waals surface area (Å²) in [6, 6.07) is 8.31. The Morgan fingerprint density at radius 3 is 2.20 bits per heavy atom. The van der Waals surface area contributed by atoms with E-state index >= 15 is 0 Å². The molecule has 0 unspecified atom stereocenters. The summed E-state index contributed by atoms with van der Waals surface area (Å²) in [6.07, 6.45) is 2.91. The summed E-state index contributed by atoms with van der Waals surface area (Å²) in [5.41, 5.74) is 0.326. The van der Waals surface area contributed by atoms with Crippen LogP contribution >= 0.6 is 0 Å². The highest BCUT2D eigenvalue weighted by molar-refractivity contribution is 7.92. The van der Waals surface area contributed by atoms with Crippen LogP contribution in [0, 0.1) is 0 Å². The SMILES string of the molecule is O=S(=O)(Nc1cccnc1)c1ccc(S(=O)(=O)N2CCOCC2)cc1. The van der Waals surface area contributed by atoms with Gasteiger partial charge in [0, 0.05) is 19.3 Å². The predicted molar refractivity (Wildman–Crippen MR) is 91.1 cm³/mol. The number of nitrogens with one attached hydrogen (secondary N) is 1. The molecule has 0 atom stereocenters. The highest BCUT2D eigenvalue weighted by Crippen LogP contribution is 2.21. The van der Waals surface area contributed by atoms with Crippen LogP contribution < -0.4 is 4.72 Å². The lowest BCUT2D eigenvalue weighted by Gasteiger charge is -2.26. The Labute approximate surface area is 146 Å². The molecule has 2 aromatic rings. The van der Waals surface area contributed by atoms with Crippen LogP contribution in [0.15, 0.2) is 58.6 Å². The van der Waals surface area contributed by atoms with Crippen LogP contribution in [0.3, 0.4) is 0 Å². The van der Waals surface area contributed by atoms with Crippen LogP contribution in [0.5, 0.6) is 0 Å². The number of hydrogen-bond donors (Lipinski definition) is 1. The number of hydrogen-bond acceptors (Lipinski definition) is 6. The number of morpholine rings is 1. The summed E-state index contributed by atoms with van der Waals surface area (Å²) in [6.45, 7) is 1.26. The molecule has 0 spiro atoms. The standard InChI is InChI=1S/C15H17N3O5S2/c19-24(20,17-13-2-1-7-16-12-13)14-3-5-15(6-4-14)25(21,22)18-8-10-23-11-9-18/h1-7,12,17H,8-11H2. The largest absolute Gasteiger partial charge is 0.379 e. The molecule has 1 aliphatic heterocycles. The van der Waals surface area contributed by atoms with Crippen molar-refractivity contribution in [2.75, 3.05) is 31.0 Å². The normalized spacial score (nSPS) is 16.5. The van der Waals surface area contributed by atoms with Crippen LogP contribution in [0.1, 0.15) is 0 Å². The van der Waals surface area contributed by atoms with Crippen molar-refractivity contribution < 1.29 is 21.6 Å². The number of anilines is 1. The molecule has 0 radical (unpaired) electrons. The number of rotatable bonds is 5. The highest BCUT2D eigenvalue weighted by atomic mass is 32.2. The van der Waals surface area contributed by atoms with Gasteiger partial charge in [0.05, 0.1) is 34.9 Å². The minimum Gasteiger partial charge on any atom is -0.379 e. The first kappa shape index (κ1) is 17.8. The molecule has 1 aromatic heterocycles. The zero-order valence-corrected chi connectivity index (χ0v) is 14.8. The number of pyridine rings is 1. The van der Waals surface area contributed by atoms with E-state index in [2.05, 4.69) is 9.71 Å². The monoisotopic (exact) mass is 383 g/mol. The molecule has 2 heterocycles. The van der Waals surface area contributed by atoms with E-state index in [-0.39, 0.29) is 22.9 Å². The van der Waals surface area contributed by atoms with Crippen LogP contribution in [0.25, 0.3) is 0 Å². The maximum absolute atomic E-state index is 12.5. The Hall–Kier alpha value is -2.01. The number of ether oxygens (including phenoxy) is 1. The van der Waals surface area contributed by atoms with E-state index in [1.807, 2.05) is 0 Å². The van der Waals surface area contributed by atoms with Gasteiger partial charge in [0.1, 0.15) is 0 Å². The number of aromatic nitrogens is 1. The minimum atomic E-state index is -3.82. The lowest BCUT2D eigenvalue weighted by Crippen LogP contribution is -2.40. The Bertz CT molecular complexity index is 923. The third-order valence-electron chi connectivity index (χ3n) is 3.66. The van der Waals surface area contributed by atoms with Crippen molar-refractivity contribution in [1.82, 2.24) is 9.29 Å². The Kier molecular flexibility index (Phi) is 5.04. The van der Waals surface area contributed by atoms with E-state index in [1.54, 1.807) is 12.1 Å². The maximum Gasteiger partial charge on any atom is 0.261 e. The van der Waals surface area contributed by atoms with E-state index in [0.29, 0.717) is 18.9 Å². The van der Waals surface area contributed by atoms with E-state index in [4.69, 9.17) is 4.74 Å². The van der Waals surface area contributed by atoms with Gasteiger partial charge in [0.2, 0.25) is 10.0 Å². The molecule has 134 valence electrons. The zero-order valence-electron chi connectivity index (χ0n) is 13.2. The van der Waals surface area contributed by atoms with E-state index < -0.39 is 20.0 Å². The summed E-state index contributed by atoms with van der Waals surface area (Å²) in [4.78, 5) is 3.86. The van der Waals surface area contributed by atoms with Gasteiger partial charge >= 0.3 is 0 Å². The molecule has 0 bridgehead atoms. The Morgan fingerprint density at radius 1 is 0.960 bits per heavy atom. The van der Waals surface area contributed by atoms with Crippen molar-refractivity contribution >= 4 is 25.7 Å². The van der Waals surface area contributed by atoms with Gasteiger partial charge in [-0.2, -0.15) is 4.31 Å². The molecule has 1 saturated heterocycles. The molecule has 0 amide bonds. The first-order chi connectivity index (χ1) is 11.9. The third-order valence-corrected chi connectivity index (χ3v) is 6.97. The number of nitrogens with zero attached hydrogens (tertiary/aromatic N) is 2. The van der Waals surface area contributed by atoms with E-state index in [1.165, 1.54) is 41.0 Å². The van der Waals surface area contributed by atoms with Gasteiger partial charge in [0.25, 0.3) is 10.0 Å². The molecule has 1 aliphatic rings. The Balaban J connectivity index is 1.82. The predicted octanol–water partition coefficient (Wildman–Crippen LogP) is 0.903. The average molecular weight is 383 g/mol. The van der Waals surface area contributed by atoms with Crippen molar-refractivity contribution in [2.24, 2.45) is 0 Å². The van der Waals surface area contributed by atoms with Gasteiger partial charge in [-0.15, -0.1) is 0 Å². The van der Waals surface area contributed by atoms with Crippen LogP contribution in [0.2, 0.25) is 0 Å². The molecule has 10 heteroatoms. The summed E-state index contributed by atoms with van der Waals surface area (Å²) in [7, 11) is -7.47. The first-order valence-electron chi connectivity index (χ1n) is 7.50. The quantitative estimate of drug-likeness (QED) is 0.822. The van der Waals surface area contributed by atoms with Gasteiger partial charge in [-0.05, 0) is 36.4 Å². The molecule has 3 rings (SSSR count). The van der Waals surface area contributed by atoms with Gasteiger partial charge in [-0.3, -0.25) is 9.71 Å². The lowest BCUT2D eigenvalue weighted by molar-refractivity contribution is 0.0730. The summed E-state index contributed by atoms with van der Waals surface area (Å²) in [5, 5.41) is 0. The fraction of sp³-hybridized carbons (Fsp3) is 0.267. The highest BCUT2D eigenvalue weighted by Gasteiger charge is 2.26. The second-order valence-electron chi connectivity index (χ2n) is 5.34. The molecule has 1 N–H and O–H groups in total. The number of benzene rings is 1. The zero-order chi connectivity index (χ0) is 17.9. The smallest absolute Gasteiger partial charge is 0.261 e. The average Bonchev–Trinajstić information content (AvgIpc) is 2.63. The van der Waals surface area contributed by atoms with Crippen LogP contribution in [0.4, 0.5) is 5.69 Å². The van der Waals surface area contributed by atoms with Crippen molar-refractivity contribution in [3.8, 4) is 0 Å². The topological polar surface area (TPSA) is 106 Å². The molecule has 0 aliphatic carbocycles. The molecule has 25 heavy (non-hydrogen) atoms. The second-order valence-corrected chi connectivity index (χ2v) is 8.96. The van der Waals surface area contributed by atoms with Gasteiger partial charge in [-0.25, -0.2) is 16.8 Å². The van der Waals surface area contributed by atoms with Crippen molar-refractivity contribution in [3.05, 3.63) is 48.8 Å². The Morgan fingerprint density at radius 2 is 1.60 bits per heavy atom. The maximum atomic E-state index is 12.5. The van der Waals surface area contributed by atoms with E-state index in [0.717, 1.165) is 0 Å².